The molecule has 0 saturated heterocycles. The van der Waals surface area contributed by atoms with Gasteiger partial charge in [-0.2, -0.15) is 13.2 Å². The van der Waals surface area contributed by atoms with Crippen LogP contribution in [0.25, 0.3) is 0 Å². The van der Waals surface area contributed by atoms with E-state index in [1.165, 1.54) is 6.07 Å². The number of nitrogens with zero attached hydrogens (tertiary/aromatic N) is 1. The van der Waals surface area contributed by atoms with Crippen LogP contribution >= 0.6 is 15.9 Å². The molecule has 0 aromatic heterocycles. The Kier molecular flexibility index (Phi) is 4.67. The Morgan fingerprint density at radius 3 is 2.40 bits per heavy atom. The quantitative estimate of drug-likeness (QED) is 0.658. The van der Waals surface area contributed by atoms with Crippen LogP contribution < -0.4 is 4.90 Å². The van der Waals surface area contributed by atoms with Gasteiger partial charge in [-0.1, -0.05) is 22.0 Å². The molecule has 0 unspecified atom stereocenters. The van der Waals surface area contributed by atoms with Crippen LogP contribution in [0.2, 0.25) is 0 Å². The predicted molar refractivity (Wildman–Crippen MR) is 79.3 cm³/mol. The lowest BCUT2D eigenvalue weighted by molar-refractivity contribution is -0.137. The number of hydrogen-bond donors (Lipinski definition) is 0. The van der Waals surface area contributed by atoms with Crippen molar-refractivity contribution in [2.24, 2.45) is 5.92 Å². The first-order valence-corrected chi connectivity index (χ1v) is 7.97. The monoisotopic (exact) mass is 349 g/mol. The van der Waals surface area contributed by atoms with Crippen LogP contribution in [-0.2, 0) is 11.5 Å². The Morgan fingerprint density at radius 2 is 1.95 bits per heavy atom. The lowest BCUT2D eigenvalue weighted by atomic mass is 10.1. The number of halogens is 4. The molecular weight excluding hydrogens is 331 g/mol. The van der Waals surface area contributed by atoms with Gasteiger partial charge in [-0.25, -0.2) is 0 Å². The summed E-state index contributed by atoms with van der Waals surface area (Å²) in [6.45, 7) is 4.61. The molecule has 1 fully saturated rings. The molecule has 1 saturated carbocycles. The highest BCUT2D eigenvalue weighted by atomic mass is 79.9. The summed E-state index contributed by atoms with van der Waals surface area (Å²) in [6, 6.07) is 4.70. The van der Waals surface area contributed by atoms with Gasteiger partial charge in [0.15, 0.2) is 0 Å². The third kappa shape index (κ3) is 3.68. The number of benzene rings is 1. The summed E-state index contributed by atoms with van der Waals surface area (Å²) < 4.78 is 39.9. The molecule has 1 aliphatic rings. The van der Waals surface area contributed by atoms with E-state index in [-0.39, 0.29) is 6.04 Å². The number of alkyl halides is 4. The predicted octanol–water partition coefficient (Wildman–Crippen LogP) is 5.23. The van der Waals surface area contributed by atoms with Crippen LogP contribution in [0.15, 0.2) is 18.2 Å². The fraction of sp³-hybridized carbons (Fsp3) is 0.600. The number of rotatable bonds is 5. The number of hydrogen-bond acceptors (Lipinski definition) is 1. The van der Waals surface area contributed by atoms with E-state index in [1.54, 1.807) is 12.1 Å². The first kappa shape index (κ1) is 15.7. The molecular formula is C15H19BrF3N. The fourth-order valence-electron chi connectivity index (χ4n) is 2.31. The normalized spacial score (nSPS) is 15.8. The Hall–Kier alpha value is -0.710. The van der Waals surface area contributed by atoms with Gasteiger partial charge >= 0.3 is 6.18 Å². The van der Waals surface area contributed by atoms with E-state index in [0.717, 1.165) is 12.8 Å². The van der Waals surface area contributed by atoms with Crippen molar-refractivity contribution in [2.45, 2.75) is 44.2 Å². The van der Waals surface area contributed by atoms with Crippen molar-refractivity contribution in [3.63, 3.8) is 0 Å². The van der Waals surface area contributed by atoms with Crippen molar-refractivity contribution in [3.8, 4) is 0 Å². The molecule has 1 nitrogen and oxygen atoms in total. The fourth-order valence-corrected chi connectivity index (χ4v) is 2.66. The van der Waals surface area contributed by atoms with Crippen molar-refractivity contribution < 1.29 is 13.2 Å². The Balaban J connectivity index is 2.41. The molecule has 0 spiro atoms. The maximum absolute atomic E-state index is 13.3. The zero-order valence-electron chi connectivity index (χ0n) is 11.7. The largest absolute Gasteiger partial charge is 0.418 e. The second kappa shape index (κ2) is 5.96. The molecule has 20 heavy (non-hydrogen) atoms. The molecule has 0 amide bonds. The lowest BCUT2D eigenvalue weighted by Gasteiger charge is -2.31. The smallest absolute Gasteiger partial charge is 0.368 e. The van der Waals surface area contributed by atoms with Crippen molar-refractivity contribution >= 4 is 21.6 Å². The summed E-state index contributed by atoms with van der Waals surface area (Å²) in [4.78, 5) is 1.89. The van der Waals surface area contributed by atoms with Crippen molar-refractivity contribution in [1.82, 2.24) is 0 Å². The molecule has 0 N–H and O–H groups in total. The van der Waals surface area contributed by atoms with Gasteiger partial charge in [0.1, 0.15) is 0 Å². The molecule has 1 aliphatic carbocycles. The van der Waals surface area contributed by atoms with Crippen molar-refractivity contribution in [2.75, 3.05) is 11.4 Å². The first-order valence-electron chi connectivity index (χ1n) is 6.85. The van der Waals surface area contributed by atoms with Crippen LogP contribution in [0, 0.1) is 5.92 Å². The zero-order chi connectivity index (χ0) is 14.9. The molecule has 0 bridgehead atoms. The van der Waals surface area contributed by atoms with Crippen LogP contribution in [0.1, 0.15) is 37.8 Å². The zero-order valence-corrected chi connectivity index (χ0v) is 13.3. The van der Waals surface area contributed by atoms with E-state index in [4.69, 9.17) is 0 Å². The second-order valence-corrected chi connectivity index (χ2v) is 6.23. The van der Waals surface area contributed by atoms with Gasteiger partial charge in [0.05, 0.1) is 5.56 Å². The van der Waals surface area contributed by atoms with E-state index < -0.39 is 11.7 Å². The summed E-state index contributed by atoms with van der Waals surface area (Å²) in [5.74, 6) is 0.550. The maximum Gasteiger partial charge on any atom is 0.418 e. The minimum atomic E-state index is -4.32. The average Bonchev–Trinajstić information content (AvgIpc) is 3.18. The topological polar surface area (TPSA) is 3.24 Å². The molecule has 2 rings (SSSR count). The minimum Gasteiger partial charge on any atom is -0.368 e. The molecule has 1 aromatic carbocycles. The van der Waals surface area contributed by atoms with E-state index in [0.29, 0.717) is 29.0 Å². The SMILES string of the molecule is CC(C)N(CC1CC1)c1ccc(CBr)cc1C(F)(F)F. The Bertz CT molecular complexity index is 467. The summed E-state index contributed by atoms with van der Waals surface area (Å²) >= 11 is 3.22. The van der Waals surface area contributed by atoms with E-state index in [9.17, 15) is 13.2 Å². The molecule has 112 valence electrons. The maximum atomic E-state index is 13.3. The van der Waals surface area contributed by atoms with Crippen LogP contribution in [0.4, 0.5) is 18.9 Å². The second-order valence-electron chi connectivity index (χ2n) is 5.67. The minimum absolute atomic E-state index is 0.0616. The van der Waals surface area contributed by atoms with Gasteiger partial charge in [-0.15, -0.1) is 0 Å². The summed E-state index contributed by atoms with van der Waals surface area (Å²) in [6.07, 6.45) is -2.06. The first-order chi connectivity index (χ1) is 9.32. The lowest BCUT2D eigenvalue weighted by Crippen LogP contribution is -2.34. The van der Waals surface area contributed by atoms with Gasteiger partial charge in [0.2, 0.25) is 0 Å². The molecule has 0 radical (unpaired) electrons. The van der Waals surface area contributed by atoms with Crippen molar-refractivity contribution in [1.29, 1.82) is 0 Å². The number of anilines is 1. The highest BCUT2D eigenvalue weighted by Crippen LogP contribution is 2.40. The average molecular weight is 350 g/mol. The Labute approximate surface area is 126 Å². The third-order valence-electron chi connectivity index (χ3n) is 3.61. The van der Waals surface area contributed by atoms with E-state index in [1.807, 2.05) is 18.7 Å². The van der Waals surface area contributed by atoms with Gasteiger partial charge in [-0.05, 0) is 50.3 Å². The summed E-state index contributed by atoms with van der Waals surface area (Å²) in [7, 11) is 0. The third-order valence-corrected chi connectivity index (χ3v) is 4.25. The molecule has 0 aliphatic heterocycles. The van der Waals surface area contributed by atoms with Gasteiger partial charge in [0, 0.05) is 23.6 Å². The van der Waals surface area contributed by atoms with E-state index >= 15 is 0 Å². The Morgan fingerprint density at radius 1 is 1.30 bits per heavy atom. The molecule has 0 heterocycles. The molecule has 0 atom stereocenters. The highest BCUT2D eigenvalue weighted by Gasteiger charge is 2.36. The van der Waals surface area contributed by atoms with Gasteiger partial charge in [-0.3, -0.25) is 0 Å². The van der Waals surface area contributed by atoms with Gasteiger partial charge < -0.3 is 4.90 Å². The highest BCUT2D eigenvalue weighted by molar-refractivity contribution is 9.08. The standard InChI is InChI=1S/C15H19BrF3N/c1-10(2)20(9-11-3-4-11)14-6-5-12(8-16)7-13(14)15(17,18)19/h5-7,10-11H,3-4,8-9H2,1-2H3. The summed E-state index contributed by atoms with van der Waals surface area (Å²) in [5, 5.41) is 0.431. The molecule has 1 aromatic rings. The summed E-state index contributed by atoms with van der Waals surface area (Å²) in [5.41, 5.74) is 0.434. The van der Waals surface area contributed by atoms with Crippen molar-refractivity contribution in [3.05, 3.63) is 29.3 Å². The van der Waals surface area contributed by atoms with E-state index in [2.05, 4.69) is 15.9 Å². The van der Waals surface area contributed by atoms with Crippen LogP contribution in [0.5, 0.6) is 0 Å². The van der Waals surface area contributed by atoms with Gasteiger partial charge in [0.25, 0.3) is 0 Å². The van der Waals surface area contributed by atoms with Crippen LogP contribution in [0.3, 0.4) is 0 Å². The van der Waals surface area contributed by atoms with Crippen LogP contribution in [-0.4, -0.2) is 12.6 Å². The molecule has 5 heteroatoms.